The Labute approximate surface area is 169 Å². The van der Waals surface area contributed by atoms with Gasteiger partial charge in [-0.3, -0.25) is 9.59 Å². The number of carbonyl (C=O) groups is 2. The number of hydrogen-bond acceptors (Lipinski definition) is 5. The number of unbranched alkanes of at least 4 members (excludes halogenated alkanes) is 1. The highest BCUT2D eigenvalue weighted by Crippen LogP contribution is 2.26. The molecule has 2 aromatic rings. The van der Waals surface area contributed by atoms with Crippen LogP contribution in [-0.4, -0.2) is 29.5 Å². The molecule has 0 unspecified atom stereocenters. The van der Waals surface area contributed by atoms with E-state index in [1.807, 2.05) is 6.92 Å². The molecule has 154 valence electrons. The second-order valence-corrected chi connectivity index (χ2v) is 6.47. The van der Waals surface area contributed by atoms with Gasteiger partial charge in [-0.05, 0) is 48.7 Å². The van der Waals surface area contributed by atoms with Crippen LogP contribution in [0.3, 0.4) is 0 Å². The van der Waals surface area contributed by atoms with E-state index in [0.717, 1.165) is 18.4 Å². The lowest BCUT2D eigenvalue weighted by molar-refractivity contribution is -0.143. The fourth-order valence-corrected chi connectivity index (χ4v) is 2.55. The zero-order valence-electron chi connectivity index (χ0n) is 16.4. The van der Waals surface area contributed by atoms with Crippen LogP contribution < -0.4 is 16.8 Å². The Kier molecular flexibility index (Phi) is 8.02. The van der Waals surface area contributed by atoms with Crippen molar-refractivity contribution in [2.75, 3.05) is 11.9 Å². The number of ether oxygens (including phenoxy) is 1. The number of esters is 1. The van der Waals surface area contributed by atoms with Gasteiger partial charge in [-0.2, -0.15) is 0 Å². The summed E-state index contributed by atoms with van der Waals surface area (Å²) in [6.45, 7) is 2.45. The number of nitrogens with zero attached hydrogens (tertiary/aromatic N) is 1. The number of phenols is 1. The van der Waals surface area contributed by atoms with E-state index in [4.69, 9.17) is 16.2 Å². The lowest BCUT2D eigenvalue weighted by Gasteiger charge is -2.10. The van der Waals surface area contributed by atoms with Crippen LogP contribution >= 0.6 is 0 Å². The van der Waals surface area contributed by atoms with E-state index in [1.165, 1.54) is 12.1 Å². The van der Waals surface area contributed by atoms with Crippen LogP contribution in [0, 0.1) is 0 Å². The third-order valence-corrected chi connectivity index (χ3v) is 4.06. The molecular weight excluding hydrogens is 372 g/mol. The minimum Gasteiger partial charge on any atom is -0.506 e. The molecule has 0 saturated carbocycles. The highest BCUT2D eigenvalue weighted by Gasteiger charge is 2.11. The molecule has 0 aliphatic heterocycles. The largest absolute Gasteiger partial charge is 0.506 e. The molecule has 0 aromatic heterocycles. The fraction of sp³-hybridized carbons (Fsp3) is 0.286. The maximum atomic E-state index is 12.4. The molecule has 2 rings (SSSR count). The molecule has 6 N–H and O–H groups in total. The molecule has 2 aromatic carbocycles. The number of rotatable bonds is 9. The second-order valence-electron chi connectivity index (χ2n) is 6.47. The molecule has 0 spiro atoms. The number of nitrogens with two attached hydrogens (primary N) is 2. The van der Waals surface area contributed by atoms with Gasteiger partial charge in [-0.1, -0.05) is 25.5 Å². The molecule has 8 nitrogen and oxygen atoms in total. The van der Waals surface area contributed by atoms with Gasteiger partial charge in [-0.15, -0.1) is 0 Å². The highest BCUT2D eigenvalue weighted by molar-refractivity contribution is 6.05. The number of anilines is 1. The number of hydrogen-bond donors (Lipinski definition) is 4. The predicted octanol–water partition coefficient (Wildman–Crippen LogP) is 2.83. The van der Waals surface area contributed by atoms with Crippen molar-refractivity contribution in [1.29, 1.82) is 0 Å². The summed E-state index contributed by atoms with van der Waals surface area (Å²) in [4.78, 5) is 28.0. The quantitative estimate of drug-likeness (QED) is 0.168. The van der Waals surface area contributed by atoms with Crippen molar-refractivity contribution >= 4 is 29.2 Å². The summed E-state index contributed by atoms with van der Waals surface area (Å²) in [6.07, 6.45) is 2.47. The van der Waals surface area contributed by atoms with Crippen molar-refractivity contribution in [2.45, 2.75) is 32.6 Å². The predicted molar refractivity (Wildman–Crippen MR) is 112 cm³/mol. The molecule has 0 fully saturated rings. The first kappa shape index (κ1) is 21.7. The van der Waals surface area contributed by atoms with Gasteiger partial charge < -0.3 is 26.6 Å². The van der Waals surface area contributed by atoms with E-state index in [9.17, 15) is 14.7 Å². The zero-order chi connectivity index (χ0) is 21.2. The Balaban J connectivity index is 1.97. The minimum absolute atomic E-state index is 0.0874. The van der Waals surface area contributed by atoms with Gasteiger partial charge in [0.15, 0.2) is 5.96 Å². The SMILES string of the molecule is CCCCOC(=O)CCc1ccc(NC(=O)c2cccc(N=C(N)N)c2)c(O)c1. The van der Waals surface area contributed by atoms with E-state index in [-0.39, 0.29) is 29.8 Å². The van der Waals surface area contributed by atoms with Gasteiger partial charge in [-0.25, -0.2) is 4.99 Å². The summed E-state index contributed by atoms with van der Waals surface area (Å²) in [5.74, 6) is -0.878. The molecule has 0 radical (unpaired) electrons. The molecule has 8 heteroatoms. The summed E-state index contributed by atoms with van der Waals surface area (Å²) < 4.78 is 5.11. The summed E-state index contributed by atoms with van der Waals surface area (Å²) >= 11 is 0. The van der Waals surface area contributed by atoms with E-state index in [2.05, 4.69) is 10.3 Å². The molecular formula is C21H26N4O4. The number of phenolic OH excluding ortho intramolecular Hbond substituents is 1. The Morgan fingerprint density at radius 2 is 1.97 bits per heavy atom. The summed E-state index contributed by atoms with van der Waals surface area (Å²) in [5.41, 5.74) is 12.5. The topological polar surface area (TPSA) is 140 Å². The number of aliphatic imine (C=N–C) groups is 1. The average Bonchev–Trinajstić information content (AvgIpc) is 2.68. The second kappa shape index (κ2) is 10.7. The monoisotopic (exact) mass is 398 g/mol. The van der Waals surface area contributed by atoms with Gasteiger partial charge >= 0.3 is 5.97 Å². The van der Waals surface area contributed by atoms with Crippen molar-refractivity contribution < 1.29 is 19.4 Å². The van der Waals surface area contributed by atoms with Crippen LogP contribution in [0.15, 0.2) is 47.5 Å². The summed E-state index contributed by atoms with van der Waals surface area (Å²) in [7, 11) is 0. The fourth-order valence-electron chi connectivity index (χ4n) is 2.55. The Hall–Kier alpha value is -3.55. The number of aryl methyl sites for hydroxylation is 1. The Morgan fingerprint density at radius 3 is 2.66 bits per heavy atom. The summed E-state index contributed by atoms with van der Waals surface area (Å²) in [6, 6.07) is 11.3. The first-order chi connectivity index (χ1) is 13.9. The molecule has 0 aliphatic rings. The third-order valence-electron chi connectivity index (χ3n) is 4.06. The van der Waals surface area contributed by atoms with Gasteiger partial charge in [0.05, 0.1) is 18.0 Å². The van der Waals surface area contributed by atoms with Crippen molar-refractivity contribution in [2.24, 2.45) is 16.5 Å². The van der Waals surface area contributed by atoms with Crippen molar-refractivity contribution in [3.8, 4) is 5.75 Å². The van der Waals surface area contributed by atoms with E-state index < -0.39 is 5.91 Å². The van der Waals surface area contributed by atoms with Crippen molar-refractivity contribution in [3.63, 3.8) is 0 Å². The zero-order valence-corrected chi connectivity index (χ0v) is 16.4. The number of carbonyl (C=O) groups excluding carboxylic acids is 2. The molecule has 0 saturated heterocycles. The smallest absolute Gasteiger partial charge is 0.306 e. The van der Waals surface area contributed by atoms with Gasteiger partial charge in [0.25, 0.3) is 5.91 Å². The highest BCUT2D eigenvalue weighted by atomic mass is 16.5. The van der Waals surface area contributed by atoms with Gasteiger partial charge in [0.1, 0.15) is 5.75 Å². The first-order valence-corrected chi connectivity index (χ1v) is 9.37. The van der Waals surface area contributed by atoms with Crippen LogP contribution in [0.1, 0.15) is 42.1 Å². The molecule has 1 amide bonds. The molecule has 0 atom stereocenters. The van der Waals surface area contributed by atoms with Crippen molar-refractivity contribution in [3.05, 3.63) is 53.6 Å². The number of amides is 1. The first-order valence-electron chi connectivity index (χ1n) is 9.37. The maximum Gasteiger partial charge on any atom is 0.306 e. The third kappa shape index (κ3) is 7.17. The van der Waals surface area contributed by atoms with E-state index in [0.29, 0.717) is 24.3 Å². The lowest BCUT2D eigenvalue weighted by Crippen LogP contribution is -2.21. The van der Waals surface area contributed by atoms with Crippen LogP contribution in [-0.2, 0) is 16.0 Å². The maximum absolute atomic E-state index is 12.4. The minimum atomic E-state index is -0.416. The Morgan fingerprint density at radius 1 is 1.17 bits per heavy atom. The summed E-state index contributed by atoms with van der Waals surface area (Å²) in [5, 5.41) is 12.9. The number of benzene rings is 2. The van der Waals surface area contributed by atoms with Gasteiger partial charge in [0, 0.05) is 12.0 Å². The Bertz CT molecular complexity index is 892. The van der Waals surface area contributed by atoms with E-state index >= 15 is 0 Å². The van der Waals surface area contributed by atoms with E-state index in [1.54, 1.807) is 30.3 Å². The lowest BCUT2D eigenvalue weighted by atomic mass is 10.1. The van der Waals surface area contributed by atoms with Crippen LogP contribution in [0.25, 0.3) is 0 Å². The standard InChI is InChI=1S/C21H26N4O4/c1-2-3-11-29-19(27)10-8-14-7-9-17(18(26)12-14)25-20(28)15-5-4-6-16(13-15)24-21(22)23/h4-7,9,12-13,26H,2-3,8,10-11H2,1H3,(H,25,28)(H4,22,23,24). The van der Waals surface area contributed by atoms with Crippen LogP contribution in [0.2, 0.25) is 0 Å². The normalized spacial score (nSPS) is 10.2. The van der Waals surface area contributed by atoms with Crippen LogP contribution in [0.5, 0.6) is 5.75 Å². The molecule has 0 heterocycles. The molecule has 0 bridgehead atoms. The molecule has 29 heavy (non-hydrogen) atoms. The van der Waals surface area contributed by atoms with Gasteiger partial charge in [0.2, 0.25) is 0 Å². The van der Waals surface area contributed by atoms with Crippen LogP contribution in [0.4, 0.5) is 11.4 Å². The number of aromatic hydroxyl groups is 1. The molecule has 0 aliphatic carbocycles. The van der Waals surface area contributed by atoms with Crippen molar-refractivity contribution in [1.82, 2.24) is 0 Å². The number of guanidine groups is 1. The number of nitrogens with one attached hydrogen (secondary N) is 1. The average molecular weight is 398 g/mol.